The van der Waals surface area contributed by atoms with E-state index in [0.29, 0.717) is 28.9 Å². The molecule has 26 heavy (non-hydrogen) atoms. The maximum atomic E-state index is 11.6. The molecule has 1 heterocycles. The minimum absolute atomic E-state index is 0.0853. The van der Waals surface area contributed by atoms with Crippen LogP contribution in [0.2, 0.25) is 5.02 Å². The van der Waals surface area contributed by atoms with E-state index < -0.39 is 0 Å². The van der Waals surface area contributed by atoms with Crippen molar-refractivity contribution >= 4 is 17.5 Å². The summed E-state index contributed by atoms with van der Waals surface area (Å²) in [6, 6.07) is 14.9. The van der Waals surface area contributed by atoms with E-state index in [9.17, 15) is 4.79 Å². The first-order valence-electron chi connectivity index (χ1n) is 8.26. The molecule has 1 atom stereocenters. The fraction of sp³-hybridized carbons (Fsp3) is 0.211. The number of hydrogen-bond acceptors (Lipinski definition) is 4. The minimum Gasteiger partial charge on any atom is -0.415 e. The molecular formula is C19H20ClN4O2+. The quantitative estimate of drug-likeness (QED) is 0.694. The number of hydrogen-bond donors (Lipinski definition) is 2. The molecule has 0 aliphatic rings. The molecule has 3 aromatic rings. The van der Waals surface area contributed by atoms with E-state index in [4.69, 9.17) is 16.0 Å². The second-order valence-corrected chi connectivity index (χ2v) is 6.53. The summed E-state index contributed by atoms with van der Waals surface area (Å²) in [5, 5.41) is 11.5. The molecule has 0 bridgehead atoms. The average Bonchev–Trinajstić information content (AvgIpc) is 3.10. The van der Waals surface area contributed by atoms with Gasteiger partial charge in [0.05, 0.1) is 7.05 Å². The molecule has 0 aliphatic heterocycles. The lowest BCUT2D eigenvalue weighted by Gasteiger charge is -2.12. The van der Waals surface area contributed by atoms with Crippen molar-refractivity contribution in [1.29, 1.82) is 0 Å². The van der Waals surface area contributed by atoms with Gasteiger partial charge in [0.25, 0.3) is 11.8 Å². The van der Waals surface area contributed by atoms with Crippen LogP contribution in [0.4, 0.5) is 0 Å². The Kier molecular flexibility index (Phi) is 5.65. The van der Waals surface area contributed by atoms with Gasteiger partial charge in [-0.2, -0.15) is 0 Å². The Morgan fingerprint density at radius 3 is 2.42 bits per heavy atom. The Morgan fingerprint density at radius 1 is 1.08 bits per heavy atom. The van der Waals surface area contributed by atoms with Gasteiger partial charge in [0.2, 0.25) is 5.89 Å². The van der Waals surface area contributed by atoms with Gasteiger partial charge in [0, 0.05) is 28.8 Å². The Morgan fingerprint density at radius 2 is 1.77 bits per heavy atom. The molecule has 2 N–H and O–H groups in total. The Labute approximate surface area is 156 Å². The summed E-state index contributed by atoms with van der Waals surface area (Å²) in [6.45, 7) is 1.39. The zero-order valence-corrected chi connectivity index (χ0v) is 15.4. The van der Waals surface area contributed by atoms with Crippen LogP contribution in [0.15, 0.2) is 52.9 Å². The normalized spacial score (nSPS) is 12.0. The Bertz CT molecular complexity index is 875. The van der Waals surface area contributed by atoms with Crippen LogP contribution in [0.25, 0.3) is 11.5 Å². The highest BCUT2D eigenvalue weighted by Gasteiger charge is 2.13. The van der Waals surface area contributed by atoms with Gasteiger partial charge in [-0.3, -0.25) is 4.79 Å². The van der Waals surface area contributed by atoms with E-state index in [2.05, 4.69) is 22.6 Å². The molecule has 0 saturated heterocycles. The number of rotatable bonds is 6. The Hall–Kier alpha value is -2.70. The lowest BCUT2D eigenvalue weighted by molar-refractivity contribution is -0.909. The molecular weight excluding hydrogens is 352 g/mol. The summed E-state index contributed by atoms with van der Waals surface area (Å²) in [6.07, 6.45) is 0. The second kappa shape index (κ2) is 8.12. The van der Waals surface area contributed by atoms with Crippen molar-refractivity contribution in [3.8, 4) is 11.5 Å². The van der Waals surface area contributed by atoms with Gasteiger partial charge >= 0.3 is 0 Å². The van der Waals surface area contributed by atoms with Crippen molar-refractivity contribution in [3.63, 3.8) is 0 Å². The number of carbonyl (C=O) groups excluding carboxylic acids is 1. The van der Waals surface area contributed by atoms with Crippen LogP contribution in [-0.4, -0.2) is 30.2 Å². The van der Waals surface area contributed by atoms with Gasteiger partial charge in [0.15, 0.2) is 6.54 Å². The van der Waals surface area contributed by atoms with E-state index in [1.165, 1.54) is 4.90 Å². The molecule has 0 radical (unpaired) electrons. The topological polar surface area (TPSA) is 72.5 Å². The number of quaternary nitrogens is 1. The first kappa shape index (κ1) is 18.1. The number of carbonyl (C=O) groups is 1. The van der Waals surface area contributed by atoms with E-state index in [1.54, 1.807) is 19.2 Å². The third-order valence-electron chi connectivity index (χ3n) is 3.96. The smallest absolute Gasteiger partial charge is 0.271 e. The van der Waals surface area contributed by atoms with Crippen LogP contribution < -0.4 is 10.2 Å². The molecule has 6 nitrogen and oxygen atoms in total. The van der Waals surface area contributed by atoms with Crippen molar-refractivity contribution in [2.24, 2.45) is 0 Å². The van der Waals surface area contributed by atoms with Crippen LogP contribution in [0.5, 0.6) is 0 Å². The van der Waals surface area contributed by atoms with Crippen molar-refractivity contribution < 1.29 is 14.1 Å². The summed E-state index contributed by atoms with van der Waals surface area (Å²) < 4.78 is 5.74. The molecule has 134 valence electrons. The molecule has 1 unspecified atom stereocenters. The van der Waals surface area contributed by atoms with Crippen molar-refractivity contribution in [1.82, 2.24) is 15.5 Å². The van der Waals surface area contributed by atoms with Gasteiger partial charge in [-0.25, -0.2) is 0 Å². The van der Waals surface area contributed by atoms with Crippen LogP contribution >= 0.6 is 11.6 Å². The fourth-order valence-corrected chi connectivity index (χ4v) is 2.75. The van der Waals surface area contributed by atoms with Crippen LogP contribution in [0.1, 0.15) is 21.8 Å². The third kappa shape index (κ3) is 4.47. The SMILES string of the molecule is CNC(=O)c1ccc(C[NH+](C)Cc2nnc(-c3ccc(Cl)cc3)o2)cc1. The fourth-order valence-electron chi connectivity index (χ4n) is 2.62. The average molecular weight is 372 g/mol. The summed E-state index contributed by atoms with van der Waals surface area (Å²) in [7, 11) is 3.68. The summed E-state index contributed by atoms with van der Waals surface area (Å²) >= 11 is 5.89. The molecule has 0 saturated carbocycles. The number of benzene rings is 2. The standard InChI is InChI=1S/C19H19ClN4O2/c1-21-18(25)14-5-3-13(4-6-14)11-24(2)12-17-22-23-19(26-17)15-7-9-16(20)10-8-15/h3-10H,11-12H2,1-2H3,(H,21,25)/p+1. The van der Waals surface area contributed by atoms with Gasteiger partial charge in [0.1, 0.15) is 6.54 Å². The number of halogens is 1. The molecule has 1 aromatic heterocycles. The largest absolute Gasteiger partial charge is 0.415 e. The molecule has 0 fully saturated rings. The molecule has 7 heteroatoms. The third-order valence-corrected chi connectivity index (χ3v) is 4.21. The lowest BCUT2D eigenvalue weighted by atomic mass is 10.1. The highest BCUT2D eigenvalue weighted by atomic mass is 35.5. The summed E-state index contributed by atoms with van der Waals surface area (Å²) in [5.41, 5.74) is 2.63. The van der Waals surface area contributed by atoms with Gasteiger partial charge in [-0.15, -0.1) is 10.2 Å². The zero-order valence-electron chi connectivity index (χ0n) is 14.6. The van der Waals surface area contributed by atoms with E-state index in [0.717, 1.165) is 17.7 Å². The number of nitrogens with zero attached hydrogens (tertiary/aromatic N) is 2. The number of nitrogens with one attached hydrogen (secondary N) is 2. The van der Waals surface area contributed by atoms with E-state index in [-0.39, 0.29) is 5.91 Å². The van der Waals surface area contributed by atoms with Crippen molar-refractivity contribution in [2.75, 3.05) is 14.1 Å². The van der Waals surface area contributed by atoms with Crippen molar-refractivity contribution in [2.45, 2.75) is 13.1 Å². The first-order valence-corrected chi connectivity index (χ1v) is 8.63. The van der Waals surface area contributed by atoms with E-state index >= 15 is 0 Å². The Balaban J connectivity index is 1.60. The van der Waals surface area contributed by atoms with Gasteiger partial charge in [-0.1, -0.05) is 23.7 Å². The summed E-state index contributed by atoms with van der Waals surface area (Å²) in [4.78, 5) is 12.8. The zero-order chi connectivity index (χ0) is 18.5. The number of aromatic nitrogens is 2. The maximum Gasteiger partial charge on any atom is 0.271 e. The highest BCUT2D eigenvalue weighted by Crippen LogP contribution is 2.19. The molecule has 0 spiro atoms. The second-order valence-electron chi connectivity index (χ2n) is 6.09. The van der Waals surface area contributed by atoms with E-state index in [1.807, 2.05) is 36.4 Å². The molecule has 0 aliphatic carbocycles. The van der Waals surface area contributed by atoms with Gasteiger partial charge in [-0.05, 0) is 36.4 Å². The number of amides is 1. The molecule has 2 aromatic carbocycles. The lowest BCUT2D eigenvalue weighted by Crippen LogP contribution is -3.06. The minimum atomic E-state index is -0.0853. The van der Waals surface area contributed by atoms with Crippen LogP contribution in [-0.2, 0) is 13.1 Å². The van der Waals surface area contributed by atoms with Crippen molar-refractivity contribution in [3.05, 3.63) is 70.6 Å². The first-order chi connectivity index (χ1) is 12.5. The van der Waals surface area contributed by atoms with Gasteiger partial charge < -0.3 is 14.6 Å². The predicted octanol–water partition coefficient (Wildman–Crippen LogP) is 1.96. The maximum absolute atomic E-state index is 11.6. The summed E-state index contributed by atoms with van der Waals surface area (Å²) in [5.74, 6) is 0.978. The monoisotopic (exact) mass is 371 g/mol. The van der Waals surface area contributed by atoms with Crippen LogP contribution in [0.3, 0.4) is 0 Å². The van der Waals surface area contributed by atoms with Crippen LogP contribution in [0, 0.1) is 0 Å². The predicted molar refractivity (Wildman–Crippen MR) is 98.9 cm³/mol. The molecule has 3 rings (SSSR count). The highest BCUT2D eigenvalue weighted by molar-refractivity contribution is 6.30. The molecule has 1 amide bonds.